The van der Waals surface area contributed by atoms with Crippen molar-refractivity contribution in [2.24, 2.45) is 0 Å². The standard InChI is InChI=1S/C19H27N3O/c1-13-7-8-17-18(22(13)3)10-9-16(14(11-20)12-21-2)19(17)23-15-5-4-6-15/h9-13,15,20-21H,4-8H2,1-3H3/b14-12+,20-11?. The van der Waals surface area contributed by atoms with E-state index >= 15 is 0 Å². The van der Waals surface area contributed by atoms with Crippen LogP contribution in [0.1, 0.15) is 43.7 Å². The molecule has 4 nitrogen and oxygen atoms in total. The number of hydrogen-bond acceptors (Lipinski definition) is 4. The Hall–Kier alpha value is -1.97. The lowest BCUT2D eigenvalue weighted by Gasteiger charge is -2.37. The minimum atomic E-state index is 0.339. The molecule has 1 unspecified atom stereocenters. The van der Waals surface area contributed by atoms with Gasteiger partial charge >= 0.3 is 0 Å². The van der Waals surface area contributed by atoms with E-state index in [1.165, 1.54) is 23.9 Å². The van der Waals surface area contributed by atoms with Crippen LogP contribution in [-0.2, 0) is 6.42 Å². The third kappa shape index (κ3) is 2.94. The van der Waals surface area contributed by atoms with Gasteiger partial charge in [0, 0.05) is 54.9 Å². The predicted octanol–water partition coefficient (Wildman–Crippen LogP) is 3.60. The second-order valence-corrected chi connectivity index (χ2v) is 6.64. The molecule has 1 fully saturated rings. The van der Waals surface area contributed by atoms with E-state index in [0.29, 0.717) is 12.1 Å². The minimum absolute atomic E-state index is 0.339. The second-order valence-electron chi connectivity index (χ2n) is 6.64. The van der Waals surface area contributed by atoms with Crippen LogP contribution >= 0.6 is 0 Å². The molecule has 124 valence electrons. The zero-order valence-corrected chi connectivity index (χ0v) is 14.4. The highest BCUT2D eigenvalue weighted by atomic mass is 16.5. The van der Waals surface area contributed by atoms with Gasteiger partial charge in [0.25, 0.3) is 0 Å². The predicted molar refractivity (Wildman–Crippen MR) is 96.7 cm³/mol. The molecular weight excluding hydrogens is 286 g/mol. The van der Waals surface area contributed by atoms with Gasteiger partial charge in [0.05, 0.1) is 6.10 Å². The van der Waals surface area contributed by atoms with Crippen molar-refractivity contribution >= 4 is 17.5 Å². The molecule has 0 amide bonds. The van der Waals surface area contributed by atoms with Crippen LogP contribution in [0.4, 0.5) is 5.69 Å². The Morgan fingerprint density at radius 1 is 1.35 bits per heavy atom. The van der Waals surface area contributed by atoms with Gasteiger partial charge in [-0.3, -0.25) is 0 Å². The Labute approximate surface area is 139 Å². The van der Waals surface area contributed by atoms with Gasteiger partial charge < -0.3 is 20.4 Å². The molecule has 1 aromatic carbocycles. The van der Waals surface area contributed by atoms with Gasteiger partial charge in [-0.05, 0) is 51.2 Å². The molecule has 4 heteroatoms. The summed E-state index contributed by atoms with van der Waals surface area (Å²) in [5.41, 5.74) is 4.48. The first kappa shape index (κ1) is 15.9. The fraction of sp³-hybridized carbons (Fsp3) is 0.526. The number of allylic oxidation sites excluding steroid dienone is 1. The number of hydrogen-bond donors (Lipinski definition) is 2. The van der Waals surface area contributed by atoms with Crippen LogP contribution in [0.15, 0.2) is 18.3 Å². The first-order chi connectivity index (χ1) is 11.2. The Kier molecular flexibility index (Phi) is 4.60. The Balaban J connectivity index is 2.08. The molecule has 1 aliphatic heterocycles. The Bertz CT molecular complexity index is 619. The number of nitrogens with zero attached hydrogens (tertiary/aromatic N) is 1. The fourth-order valence-corrected chi connectivity index (χ4v) is 3.34. The first-order valence-corrected chi connectivity index (χ1v) is 8.59. The van der Waals surface area contributed by atoms with E-state index in [9.17, 15) is 0 Å². The van der Waals surface area contributed by atoms with Gasteiger partial charge in [-0.1, -0.05) is 0 Å². The lowest BCUT2D eigenvalue weighted by molar-refractivity contribution is 0.118. The summed E-state index contributed by atoms with van der Waals surface area (Å²) in [6, 6.07) is 4.84. The lowest BCUT2D eigenvalue weighted by atomic mass is 9.91. The molecule has 3 rings (SSSR count). The highest BCUT2D eigenvalue weighted by Crippen LogP contribution is 2.42. The van der Waals surface area contributed by atoms with Crippen molar-refractivity contribution in [3.63, 3.8) is 0 Å². The fourth-order valence-electron chi connectivity index (χ4n) is 3.34. The van der Waals surface area contributed by atoms with E-state index in [-0.39, 0.29) is 0 Å². The van der Waals surface area contributed by atoms with E-state index in [1.807, 2.05) is 13.2 Å². The number of fused-ring (bicyclic) bond motifs is 1. The highest BCUT2D eigenvalue weighted by Gasteiger charge is 2.28. The van der Waals surface area contributed by atoms with E-state index in [1.54, 1.807) is 0 Å². The molecule has 0 aromatic heterocycles. The molecular formula is C19H27N3O. The molecule has 2 aliphatic rings. The summed E-state index contributed by atoms with van der Waals surface area (Å²) < 4.78 is 6.39. The van der Waals surface area contributed by atoms with E-state index < -0.39 is 0 Å². The maximum atomic E-state index is 7.75. The summed E-state index contributed by atoms with van der Waals surface area (Å²) in [6.45, 7) is 2.27. The number of benzene rings is 1. The van der Waals surface area contributed by atoms with Crippen LogP contribution in [0, 0.1) is 5.41 Å². The highest BCUT2D eigenvalue weighted by molar-refractivity contribution is 6.09. The molecule has 0 saturated heterocycles. The van der Waals surface area contributed by atoms with Gasteiger partial charge in [0.15, 0.2) is 0 Å². The average molecular weight is 313 g/mol. The molecule has 0 radical (unpaired) electrons. The largest absolute Gasteiger partial charge is 0.489 e. The number of anilines is 1. The Morgan fingerprint density at radius 3 is 2.74 bits per heavy atom. The molecule has 1 heterocycles. The molecule has 1 atom stereocenters. The molecule has 0 spiro atoms. The number of rotatable bonds is 5. The third-order valence-corrected chi connectivity index (χ3v) is 5.19. The number of ether oxygens (including phenoxy) is 1. The van der Waals surface area contributed by atoms with Crippen LogP contribution < -0.4 is 15.0 Å². The van der Waals surface area contributed by atoms with Gasteiger partial charge in [-0.25, -0.2) is 0 Å². The van der Waals surface area contributed by atoms with Crippen molar-refractivity contribution in [2.75, 3.05) is 19.0 Å². The van der Waals surface area contributed by atoms with Gasteiger partial charge in [-0.15, -0.1) is 0 Å². The van der Waals surface area contributed by atoms with Crippen molar-refractivity contribution in [1.82, 2.24) is 5.32 Å². The average Bonchev–Trinajstić information content (AvgIpc) is 2.52. The SMILES string of the molecule is CN/C=C(\C=N)c1ccc2c(c1OC1CCC1)CCC(C)N2C. The lowest BCUT2D eigenvalue weighted by Crippen LogP contribution is -2.34. The van der Waals surface area contributed by atoms with Crippen molar-refractivity contribution in [3.8, 4) is 5.75 Å². The third-order valence-electron chi connectivity index (χ3n) is 5.19. The number of nitrogens with one attached hydrogen (secondary N) is 2. The van der Waals surface area contributed by atoms with Crippen molar-refractivity contribution in [3.05, 3.63) is 29.5 Å². The second kappa shape index (κ2) is 6.65. The summed E-state index contributed by atoms with van der Waals surface area (Å²) in [5, 5.41) is 10.8. The first-order valence-electron chi connectivity index (χ1n) is 8.59. The topological polar surface area (TPSA) is 48.4 Å². The summed E-state index contributed by atoms with van der Waals surface area (Å²) in [7, 11) is 4.03. The molecule has 1 saturated carbocycles. The van der Waals surface area contributed by atoms with Crippen LogP contribution in [0.2, 0.25) is 0 Å². The van der Waals surface area contributed by atoms with Crippen molar-refractivity contribution < 1.29 is 4.74 Å². The van der Waals surface area contributed by atoms with Crippen molar-refractivity contribution in [1.29, 1.82) is 5.41 Å². The smallest absolute Gasteiger partial charge is 0.132 e. The monoisotopic (exact) mass is 313 g/mol. The molecule has 23 heavy (non-hydrogen) atoms. The van der Waals surface area contributed by atoms with Crippen LogP contribution in [-0.4, -0.2) is 32.5 Å². The summed E-state index contributed by atoms with van der Waals surface area (Å²) in [5.74, 6) is 0.996. The normalized spacial score (nSPS) is 21.4. The van der Waals surface area contributed by atoms with E-state index in [0.717, 1.165) is 42.6 Å². The van der Waals surface area contributed by atoms with Crippen molar-refractivity contribution in [2.45, 2.75) is 51.2 Å². The zero-order chi connectivity index (χ0) is 16.4. The molecule has 2 N–H and O–H groups in total. The van der Waals surface area contributed by atoms with Crippen LogP contribution in [0.3, 0.4) is 0 Å². The van der Waals surface area contributed by atoms with Crippen LogP contribution in [0.5, 0.6) is 5.75 Å². The quantitative estimate of drug-likeness (QED) is 0.817. The van der Waals surface area contributed by atoms with Gasteiger partial charge in [0.2, 0.25) is 0 Å². The zero-order valence-electron chi connectivity index (χ0n) is 14.4. The minimum Gasteiger partial charge on any atom is -0.489 e. The maximum absolute atomic E-state index is 7.75. The van der Waals surface area contributed by atoms with E-state index in [4.69, 9.17) is 10.1 Å². The molecule has 0 bridgehead atoms. The summed E-state index contributed by atoms with van der Waals surface area (Å²) in [4.78, 5) is 2.35. The maximum Gasteiger partial charge on any atom is 0.132 e. The molecule has 1 aliphatic carbocycles. The van der Waals surface area contributed by atoms with Gasteiger partial charge in [0.1, 0.15) is 5.75 Å². The molecule has 1 aromatic rings. The summed E-state index contributed by atoms with van der Waals surface area (Å²) >= 11 is 0. The summed E-state index contributed by atoms with van der Waals surface area (Å²) in [6.07, 6.45) is 9.35. The van der Waals surface area contributed by atoms with E-state index in [2.05, 4.69) is 36.3 Å². The van der Waals surface area contributed by atoms with Crippen LogP contribution in [0.25, 0.3) is 5.57 Å². The van der Waals surface area contributed by atoms with Gasteiger partial charge in [-0.2, -0.15) is 0 Å². The Morgan fingerprint density at radius 2 is 2.13 bits per heavy atom.